The summed E-state index contributed by atoms with van der Waals surface area (Å²) in [6.07, 6.45) is 1.05. The Balaban J connectivity index is 1.62. The molecule has 1 saturated heterocycles. The van der Waals surface area contributed by atoms with Crippen molar-refractivity contribution < 1.29 is 18.0 Å². The summed E-state index contributed by atoms with van der Waals surface area (Å²) in [7, 11) is -4.27. The Morgan fingerprint density at radius 3 is 2.27 bits per heavy atom. The zero-order chi connectivity index (χ0) is 26.4. The lowest BCUT2D eigenvalue weighted by atomic mass is 9.84. The number of likely N-dealkylation sites (tertiary alicyclic amines) is 1. The van der Waals surface area contributed by atoms with Crippen LogP contribution in [0.2, 0.25) is 0 Å². The molecule has 0 saturated carbocycles. The first-order valence-electron chi connectivity index (χ1n) is 11.7. The van der Waals surface area contributed by atoms with Gasteiger partial charge >= 0.3 is 0 Å². The van der Waals surface area contributed by atoms with Gasteiger partial charge in [-0.15, -0.1) is 11.3 Å². The third kappa shape index (κ3) is 6.61. The molecular formula is C26H27N5O4S2. The Labute approximate surface area is 220 Å². The Morgan fingerprint density at radius 1 is 1.11 bits per heavy atom. The smallest absolute Gasteiger partial charge is 0.275 e. The molecule has 3 aromatic rings. The molecule has 1 aliphatic rings. The second-order valence-electron chi connectivity index (χ2n) is 8.78. The number of nitrogens with one attached hydrogen (secondary N) is 2. The molecule has 4 rings (SSSR count). The van der Waals surface area contributed by atoms with Crippen LogP contribution in [-0.2, 0) is 26.3 Å². The summed E-state index contributed by atoms with van der Waals surface area (Å²) in [6.45, 7) is 0.540. The number of carbonyl (C=O) groups excluding carboxylic acids is 2. The fourth-order valence-corrected chi connectivity index (χ4v) is 5.94. The molecule has 1 aromatic heterocycles. The van der Waals surface area contributed by atoms with Gasteiger partial charge in [-0.05, 0) is 41.0 Å². The Kier molecular flexibility index (Phi) is 8.35. The van der Waals surface area contributed by atoms with Crippen molar-refractivity contribution in [2.75, 3.05) is 6.54 Å². The van der Waals surface area contributed by atoms with Crippen molar-refractivity contribution in [3.8, 4) is 6.07 Å². The van der Waals surface area contributed by atoms with Crippen LogP contribution in [0.4, 0.5) is 0 Å². The highest BCUT2D eigenvalue weighted by Gasteiger charge is 2.41. The maximum absolute atomic E-state index is 14.0. The maximum atomic E-state index is 14.0. The summed E-state index contributed by atoms with van der Waals surface area (Å²) < 4.78 is 26.8. The first-order valence-corrected chi connectivity index (χ1v) is 14.1. The Morgan fingerprint density at radius 2 is 1.73 bits per heavy atom. The van der Waals surface area contributed by atoms with Crippen LogP contribution >= 0.6 is 11.3 Å². The van der Waals surface area contributed by atoms with E-state index in [9.17, 15) is 18.0 Å². The summed E-state index contributed by atoms with van der Waals surface area (Å²) in [5.74, 6) is -1.53. The number of benzene rings is 2. The van der Waals surface area contributed by atoms with Crippen LogP contribution in [0, 0.1) is 11.3 Å². The molecular weight excluding hydrogens is 510 g/mol. The van der Waals surface area contributed by atoms with Gasteiger partial charge in [0, 0.05) is 19.0 Å². The number of hydrogen-bond acceptors (Lipinski definition) is 6. The van der Waals surface area contributed by atoms with Crippen LogP contribution in [0.3, 0.4) is 0 Å². The molecule has 37 heavy (non-hydrogen) atoms. The van der Waals surface area contributed by atoms with Gasteiger partial charge in [0.05, 0.1) is 0 Å². The molecule has 2 amide bonds. The largest absolute Gasteiger partial charge is 0.350 e. The maximum Gasteiger partial charge on any atom is 0.275 e. The third-order valence-corrected chi connectivity index (χ3v) is 7.74. The third-order valence-electron chi connectivity index (χ3n) is 6.28. The van der Waals surface area contributed by atoms with Gasteiger partial charge in [-0.2, -0.15) is 18.4 Å². The number of nitrogens with two attached hydrogens (primary N) is 1. The second kappa shape index (κ2) is 11.7. The van der Waals surface area contributed by atoms with E-state index in [2.05, 4.69) is 16.1 Å². The SMILES string of the molecule is N#Cc1cc(CNC(=O)[C@@H]2CCCN2C(=O)[C@H](NS(N)(=O)=O)C(c2ccccc2)c2ccccc2)cs1. The van der Waals surface area contributed by atoms with Crippen LogP contribution in [0.25, 0.3) is 0 Å². The molecule has 11 heteroatoms. The highest BCUT2D eigenvalue weighted by molar-refractivity contribution is 7.87. The van der Waals surface area contributed by atoms with E-state index in [1.54, 1.807) is 11.4 Å². The lowest BCUT2D eigenvalue weighted by molar-refractivity contribution is -0.140. The summed E-state index contributed by atoms with van der Waals surface area (Å²) >= 11 is 1.29. The van der Waals surface area contributed by atoms with Gasteiger partial charge in [0.1, 0.15) is 23.0 Å². The standard InChI is InChI=1S/C26H27N5O4S2/c27-15-21-14-18(17-36-21)16-29-25(32)22-12-7-13-31(22)26(33)24(30-37(28,34)35)23(19-8-3-1-4-9-19)20-10-5-2-6-11-20/h1-6,8-11,14,17,22-24,30H,7,12-13,16H2,(H,29,32)(H2,28,34,35)/t22-,24+/m0/s1. The normalized spacial score (nSPS) is 16.4. The summed E-state index contributed by atoms with van der Waals surface area (Å²) in [6, 6.07) is 20.0. The molecule has 0 spiro atoms. The molecule has 2 aromatic carbocycles. The molecule has 0 unspecified atom stereocenters. The van der Waals surface area contributed by atoms with Crippen molar-refractivity contribution in [1.29, 1.82) is 5.26 Å². The number of rotatable bonds is 9. The van der Waals surface area contributed by atoms with Crippen LogP contribution in [0.1, 0.15) is 40.3 Å². The minimum Gasteiger partial charge on any atom is -0.350 e. The van der Waals surface area contributed by atoms with E-state index in [1.807, 2.05) is 60.7 Å². The van der Waals surface area contributed by atoms with Crippen molar-refractivity contribution in [2.45, 2.75) is 37.4 Å². The average Bonchev–Trinajstić information content (AvgIpc) is 3.57. The number of amides is 2. The van der Waals surface area contributed by atoms with Gasteiger partial charge in [-0.3, -0.25) is 9.59 Å². The van der Waals surface area contributed by atoms with Crippen molar-refractivity contribution in [1.82, 2.24) is 14.9 Å². The Hall–Kier alpha value is -3.56. The van der Waals surface area contributed by atoms with E-state index in [1.165, 1.54) is 16.2 Å². The second-order valence-corrected chi connectivity index (χ2v) is 11.0. The van der Waals surface area contributed by atoms with E-state index in [4.69, 9.17) is 10.4 Å². The molecule has 1 fully saturated rings. The topological polar surface area (TPSA) is 145 Å². The molecule has 0 radical (unpaired) electrons. The molecule has 192 valence electrons. The van der Waals surface area contributed by atoms with E-state index in [0.717, 1.165) is 16.7 Å². The quantitative estimate of drug-likeness (QED) is 0.383. The lowest BCUT2D eigenvalue weighted by Gasteiger charge is -2.33. The van der Waals surface area contributed by atoms with Crippen molar-refractivity contribution in [2.24, 2.45) is 5.14 Å². The monoisotopic (exact) mass is 537 g/mol. The van der Waals surface area contributed by atoms with E-state index in [-0.39, 0.29) is 12.5 Å². The highest BCUT2D eigenvalue weighted by atomic mass is 32.2. The van der Waals surface area contributed by atoms with Gasteiger partial charge < -0.3 is 10.2 Å². The minimum absolute atomic E-state index is 0.227. The van der Waals surface area contributed by atoms with Gasteiger partial charge in [0.15, 0.2) is 0 Å². The van der Waals surface area contributed by atoms with Crippen LogP contribution < -0.4 is 15.2 Å². The van der Waals surface area contributed by atoms with E-state index < -0.39 is 34.1 Å². The van der Waals surface area contributed by atoms with Gasteiger partial charge in [-0.25, -0.2) is 5.14 Å². The fourth-order valence-electron chi connectivity index (χ4n) is 4.65. The van der Waals surface area contributed by atoms with Crippen molar-refractivity contribution >= 4 is 33.4 Å². The summed E-state index contributed by atoms with van der Waals surface area (Å²) in [5.41, 5.74) is 2.26. The molecule has 2 heterocycles. The first-order chi connectivity index (χ1) is 17.8. The molecule has 4 N–H and O–H groups in total. The predicted octanol–water partition coefficient (Wildman–Crippen LogP) is 2.22. The number of hydrogen-bond donors (Lipinski definition) is 3. The van der Waals surface area contributed by atoms with Gasteiger partial charge in [0.25, 0.3) is 10.2 Å². The van der Waals surface area contributed by atoms with Crippen LogP contribution in [-0.4, -0.2) is 43.8 Å². The zero-order valence-corrected chi connectivity index (χ0v) is 21.5. The fraction of sp³-hybridized carbons (Fsp3) is 0.269. The number of nitriles is 1. The van der Waals surface area contributed by atoms with Gasteiger partial charge in [-0.1, -0.05) is 60.7 Å². The molecule has 2 atom stereocenters. The molecule has 0 bridgehead atoms. The van der Waals surface area contributed by atoms with E-state index >= 15 is 0 Å². The number of thiophene rings is 1. The minimum atomic E-state index is -4.27. The zero-order valence-electron chi connectivity index (χ0n) is 19.9. The number of carbonyl (C=O) groups is 2. The van der Waals surface area contributed by atoms with Crippen LogP contribution in [0.15, 0.2) is 72.1 Å². The average molecular weight is 538 g/mol. The molecule has 9 nitrogen and oxygen atoms in total. The van der Waals surface area contributed by atoms with E-state index in [0.29, 0.717) is 24.3 Å². The van der Waals surface area contributed by atoms with Crippen molar-refractivity contribution in [3.05, 3.63) is 93.7 Å². The predicted molar refractivity (Wildman–Crippen MR) is 140 cm³/mol. The first kappa shape index (κ1) is 26.5. The van der Waals surface area contributed by atoms with Crippen molar-refractivity contribution in [3.63, 3.8) is 0 Å². The molecule has 1 aliphatic heterocycles. The summed E-state index contributed by atoms with van der Waals surface area (Å²) in [4.78, 5) is 29.1. The van der Waals surface area contributed by atoms with Crippen LogP contribution in [0.5, 0.6) is 0 Å². The highest BCUT2D eigenvalue weighted by Crippen LogP contribution is 2.31. The number of nitrogens with zero attached hydrogens (tertiary/aromatic N) is 2. The molecule has 0 aliphatic carbocycles. The lowest BCUT2D eigenvalue weighted by Crippen LogP contribution is -2.56. The Bertz CT molecular complexity index is 1350. The van der Waals surface area contributed by atoms with Gasteiger partial charge in [0.2, 0.25) is 11.8 Å². The summed E-state index contributed by atoms with van der Waals surface area (Å²) in [5, 5.41) is 19.0.